The molecule has 0 aliphatic carbocycles. The number of carbonyl (C=O) groups excluding carboxylic acids is 1. The van der Waals surface area contributed by atoms with E-state index < -0.39 is 0 Å². The van der Waals surface area contributed by atoms with Gasteiger partial charge >= 0.3 is 0 Å². The number of rotatable bonds is 9. The fourth-order valence-corrected chi connectivity index (χ4v) is 4.54. The summed E-state index contributed by atoms with van der Waals surface area (Å²) < 4.78 is 16.3. The normalized spacial score (nSPS) is 17.7. The number of pyridine rings is 1. The fraction of sp³-hybridized carbons (Fsp3) is 0.333. The highest BCUT2D eigenvalue weighted by atomic mass is 35.5. The van der Waals surface area contributed by atoms with E-state index in [4.69, 9.17) is 37.4 Å². The smallest absolute Gasteiger partial charge is 0.223 e. The average Bonchev–Trinajstić information content (AvgIpc) is 2.88. The summed E-state index contributed by atoms with van der Waals surface area (Å²) in [5, 5.41) is 8.09. The van der Waals surface area contributed by atoms with E-state index in [1.807, 2.05) is 6.07 Å². The van der Waals surface area contributed by atoms with Crippen molar-refractivity contribution in [2.75, 3.05) is 39.3 Å². The quantitative estimate of drug-likeness (QED) is 0.322. The summed E-state index contributed by atoms with van der Waals surface area (Å²) in [6, 6.07) is 3.44. The Hall–Kier alpha value is -2.98. The number of fused-ring (bicyclic) bond motifs is 1. The second-order valence-electron chi connectivity index (χ2n) is 7.98. The van der Waals surface area contributed by atoms with Crippen molar-refractivity contribution in [1.29, 1.82) is 0 Å². The van der Waals surface area contributed by atoms with Gasteiger partial charge in [-0.2, -0.15) is 0 Å². The highest BCUT2D eigenvalue weighted by molar-refractivity contribution is 6.41. The van der Waals surface area contributed by atoms with Crippen LogP contribution in [0, 0.1) is 0 Å². The molecule has 0 unspecified atom stereocenters. The Labute approximate surface area is 212 Å². The molecule has 3 heterocycles. The number of aldehydes is 1. The number of methoxy groups -OCH3 is 2. The van der Waals surface area contributed by atoms with Gasteiger partial charge in [0.05, 0.1) is 54.3 Å². The fourth-order valence-electron chi connectivity index (χ4n) is 3.85. The summed E-state index contributed by atoms with van der Waals surface area (Å²) in [7, 11) is 3.04. The third-order valence-electron chi connectivity index (χ3n) is 5.72. The molecule has 1 aliphatic rings. The van der Waals surface area contributed by atoms with Gasteiger partial charge < -0.3 is 24.8 Å². The Morgan fingerprint density at radius 1 is 1.17 bits per heavy atom. The summed E-state index contributed by atoms with van der Waals surface area (Å²) in [6.45, 7) is 5.25. The van der Waals surface area contributed by atoms with Crippen molar-refractivity contribution >= 4 is 46.3 Å². The molecule has 184 valence electrons. The molecule has 0 radical (unpaired) electrons. The van der Waals surface area contributed by atoms with Gasteiger partial charge in [0.1, 0.15) is 17.8 Å². The van der Waals surface area contributed by atoms with Crippen LogP contribution in [0.5, 0.6) is 11.5 Å². The monoisotopic (exact) mass is 517 g/mol. The van der Waals surface area contributed by atoms with Crippen molar-refractivity contribution in [3.63, 3.8) is 0 Å². The van der Waals surface area contributed by atoms with Gasteiger partial charge in [-0.3, -0.25) is 9.78 Å². The molecule has 0 bridgehead atoms. The lowest BCUT2D eigenvalue weighted by molar-refractivity contribution is -0.104. The third kappa shape index (κ3) is 5.48. The predicted molar refractivity (Wildman–Crippen MR) is 136 cm³/mol. The molecule has 11 heteroatoms. The Balaban J connectivity index is 1.59. The molecule has 1 saturated heterocycles. The number of benzene rings is 1. The minimum atomic E-state index is -0.0743. The van der Waals surface area contributed by atoms with E-state index in [9.17, 15) is 4.79 Å². The summed E-state index contributed by atoms with van der Waals surface area (Å²) in [5.41, 5.74) is 2.17. The largest absolute Gasteiger partial charge is 0.495 e. The minimum absolute atomic E-state index is 0.0743. The summed E-state index contributed by atoms with van der Waals surface area (Å²) in [6.07, 6.45) is 4.88. The number of nitrogens with one attached hydrogen (secondary N) is 2. The van der Waals surface area contributed by atoms with Crippen molar-refractivity contribution in [3.8, 4) is 22.8 Å². The Morgan fingerprint density at radius 2 is 1.91 bits per heavy atom. The molecule has 4 rings (SSSR count). The van der Waals surface area contributed by atoms with E-state index >= 15 is 0 Å². The van der Waals surface area contributed by atoms with E-state index in [0.717, 1.165) is 18.1 Å². The van der Waals surface area contributed by atoms with Crippen LogP contribution in [-0.4, -0.2) is 67.3 Å². The van der Waals surface area contributed by atoms with Crippen LogP contribution in [0.15, 0.2) is 36.7 Å². The number of aromatic nitrogens is 3. The van der Waals surface area contributed by atoms with E-state index in [-0.39, 0.29) is 12.1 Å². The number of nitrogens with zero attached hydrogens (tertiary/aromatic N) is 3. The molecular formula is C24H25Cl2N5O4. The maximum Gasteiger partial charge on any atom is 0.223 e. The maximum atomic E-state index is 10.9. The van der Waals surface area contributed by atoms with Crippen LogP contribution < -0.4 is 20.1 Å². The summed E-state index contributed by atoms with van der Waals surface area (Å²) in [4.78, 5) is 24.5. The van der Waals surface area contributed by atoms with E-state index in [1.54, 1.807) is 18.5 Å². The van der Waals surface area contributed by atoms with Crippen molar-refractivity contribution < 1.29 is 19.0 Å². The first kappa shape index (κ1) is 25.1. The molecule has 0 amide bonds. The van der Waals surface area contributed by atoms with Gasteiger partial charge in [0.2, 0.25) is 5.95 Å². The van der Waals surface area contributed by atoms with Crippen LogP contribution in [0.4, 0.5) is 5.95 Å². The van der Waals surface area contributed by atoms with Gasteiger partial charge in [-0.05, 0) is 18.1 Å². The molecule has 9 nitrogen and oxygen atoms in total. The molecular weight excluding hydrogens is 493 g/mol. The molecule has 3 aromatic rings. The van der Waals surface area contributed by atoms with E-state index in [0.29, 0.717) is 69.6 Å². The average molecular weight is 518 g/mol. The minimum Gasteiger partial charge on any atom is -0.495 e. The second-order valence-corrected chi connectivity index (χ2v) is 8.74. The molecule has 1 aliphatic heterocycles. The SMILES string of the molecule is C=C(C=O)CN[C@H]1CCOC[C@H]1Nc1ncc2cc(-c3c(Cl)c(OC)cc(OC)c3Cl)ncc2n1. The number of hydrogen-bond donors (Lipinski definition) is 2. The number of ether oxygens (including phenoxy) is 3. The molecule has 35 heavy (non-hydrogen) atoms. The highest BCUT2D eigenvalue weighted by Gasteiger charge is 2.26. The summed E-state index contributed by atoms with van der Waals surface area (Å²) >= 11 is 13.1. The van der Waals surface area contributed by atoms with Crippen LogP contribution in [0.25, 0.3) is 22.2 Å². The van der Waals surface area contributed by atoms with E-state index in [1.165, 1.54) is 14.2 Å². The van der Waals surface area contributed by atoms with Gasteiger partial charge in [-0.1, -0.05) is 29.8 Å². The first-order valence-corrected chi connectivity index (χ1v) is 11.6. The zero-order chi connectivity index (χ0) is 24.9. The Bertz CT molecular complexity index is 1230. The number of carbonyl (C=O) groups is 1. The molecule has 2 atom stereocenters. The van der Waals surface area contributed by atoms with Gasteiger partial charge in [-0.15, -0.1) is 0 Å². The molecule has 2 aromatic heterocycles. The molecule has 1 fully saturated rings. The van der Waals surface area contributed by atoms with Crippen molar-refractivity contribution in [2.45, 2.75) is 18.5 Å². The Kier molecular flexibility index (Phi) is 8.02. The van der Waals surface area contributed by atoms with Gasteiger partial charge in [0.15, 0.2) is 0 Å². The zero-order valence-electron chi connectivity index (χ0n) is 19.3. The van der Waals surface area contributed by atoms with E-state index in [2.05, 4.69) is 32.2 Å². The lowest BCUT2D eigenvalue weighted by Gasteiger charge is -2.32. The number of anilines is 1. The topological polar surface area (TPSA) is 107 Å². The third-order valence-corrected chi connectivity index (χ3v) is 6.48. The van der Waals surface area contributed by atoms with Crippen LogP contribution in [0.1, 0.15) is 6.42 Å². The van der Waals surface area contributed by atoms with Gasteiger partial charge in [0, 0.05) is 42.4 Å². The van der Waals surface area contributed by atoms with Crippen LogP contribution in [0.2, 0.25) is 10.0 Å². The lowest BCUT2D eigenvalue weighted by Crippen LogP contribution is -2.51. The number of halogens is 2. The first-order chi connectivity index (χ1) is 16.9. The predicted octanol–water partition coefficient (Wildman–Crippen LogP) is 3.93. The Morgan fingerprint density at radius 3 is 2.60 bits per heavy atom. The second kappa shape index (κ2) is 11.2. The molecule has 1 aromatic carbocycles. The lowest BCUT2D eigenvalue weighted by atomic mass is 10.0. The molecule has 0 saturated carbocycles. The molecule has 2 N–H and O–H groups in total. The van der Waals surface area contributed by atoms with Crippen LogP contribution >= 0.6 is 23.2 Å². The molecule has 0 spiro atoms. The van der Waals surface area contributed by atoms with Crippen molar-refractivity contribution in [3.05, 3.63) is 46.7 Å². The zero-order valence-corrected chi connectivity index (χ0v) is 20.8. The maximum absolute atomic E-state index is 10.9. The summed E-state index contributed by atoms with van der Waals surface area (Å²) in [5.74, 6) is 1.30. The highest BCUT2D eigenvalue weighted by Crippen LogP contribution is 2.45. The first-order valence-electron chi connectivity index (χ1n) is 10.9. The van der Waals surface area contributed by atoms with Crippen molar-refractivity contribution in [2.24, 2.45) is 0 Å². The standard InChI is InChI=1S/C24H25Cl2N5O4/c1-13(11-32)8-27-15-4-5-35-12-18(15)31-24-29-9-14-6-16(28-10-17(14)30-24)21-22(25)19(33-2)7-20(34-3)23(21)26/h6-7,9-11,15,18,27H,1,4-5,8,12H2,2-3H3,(H,29,30,31)/t15-,18+/m0/s1. The van der Waals surface area contributed by atoms with Gasteiger partial charge in [-0.25, -0.2) is 9.97 Å². The van der Waals surface area contributed by atoms with Crippen LogP contribution in [0.3, 0.4) is 0 Å². The van der Waals surface area contributed by atoms with Gasteiger partial charge in [0.25, 0.3) is 0 Å². The number of hydrogen-bond acceptors (Lipinski definition) is 9. The van der Waals surface area contributed by atoms with Crippen LogP contribution in [-0.2, 0) is 9.53 Å². The van der Waals surface area contributed by atoms with Crippen molar-refractivity contribution in [1.82, 2.24) is 20.3 Å².